The minimum atomic E-state index is 0.233. The Bertz CT molecular complexity index is 711. The number of aromatic nitrogens is 4. The molecule has 7 heteroatoms. The number of carbonyl (C=O) groups is 1. The zero-order chi connectivity index (χ0) is 18.4. The van der Waals surface area contributed by atoms with Crippen molar-refractivity contribution < 1.29 is 4.79 Å². The van der Waals surface area contributed by atoms with E-state index >= 15 is 0 Å². The van der Waals surface area contributed by atoms with Gasteiger partial charge in [0.1, 0.15) is 5.82 Å². The maximum atomic E-state index is 12.5. The molecule has 1 N–H and O–H groups in total. The second-order valence-corrected chi connectivity index (χ2v) is 7.00. The SMILES string of the molecule is CNc1cnc(CC2CCCN(C(=O)CCn3ccc(C)n3)CC2)cn1. The van der Waals surface area contributed by atoms with Crippen LogP contribution in [0.4, 0.5) is 5.82 Å². The molecule has 3 rings (SSSR count). The highest BCUT2D eigenvalue weighted by molar-refractivity contribution is 5.76. The molecule has 1 atom stereocenters. The zero-order valence-corrected chi connectivity index (χ0v) is 15.7. The normalized spacial score (nSPS) is 17.8. The Morgan fingerprint density at radius 2 is 2.15 bits per heavy atom. The Morgan fingerprint density at radius 1 is 1.27 bits per heavy atom. The van der Waals surface area contributed by atoms with Crippen LogP contribution in [-0.4, -0.2) is 50.7 Å². The van der Waals surface area contributed by atoms with E-state index in [1.165, 1.54) is 0 Å². The fraction of sp³-hybridized carbons (Fsp3) is 0.579. The van der Waals surface area contributed by atoms with Gasteiger partial charge in [0.15, 0.2) is 0 Å². The van der Waals surface area contributed by atoms with E-state index in [-0.39, 0.29) is 5.91 Å². The van der Waals surface area contributed by atoms with Crippen molar-refractivity contribution in [3.63, 3.8) is 0 Å². The fourth-order valence-corrected chi connectivity index (χ4v) is 3.46. The molecule has 2 aromatic heterocycles. The van der Waals surface area contributed by atoms with Gasteiger partial charge in [-0.25, -0.2) is 4.98 Å². The van der Waals surface area contributed by atoms with E-state index in [1.807, 2.05) is 42.0 Å². The molecule has 140 valence electrons. The summed E-state index contributed by atoms with van der Waals surface area (Å²) in [6, 6.07) is 1.97. The Morgan fingerprint density at radius 3 is 2.85 bits per heavy atom. The van der Waals surface area contributed by atoms with Gasteiger partial charge in [-0.05, 0) is 44.6 Å². The van der Waals surface area contributed by atoms with E-state index in [2.05, 4.69) is 20.4 Å². The summed E-state index contributed by atoms with van der Waals surface area (Å²) < 4.78 is 1.85. The minimum Gasteiger partial charge on any atom is -0.372 e. The van der Waals surface area contributed by atoms with Crippen LogP contribution in [0.5, 0.6) is 0 Å². The Balaban J connectivity index is 1.46. The van der Waals surface area contributed by atoms with Crippen LogP contribution in [0.3, 0.4) is 0 Å². The molecule has 1 fully saturated rings. The molecule has 2 aromatic rings. The molecule has 1 saturated heterocycles. The molecule has 0 aromatic carbocycles. The molecule has 0 aliphatic carbocycles. The quantitative estimate of drug-likeness (QED) is 0.859. The number of nitrogens with zero attached hydrogens (tertiary/aromatic N) is 5. The van der Waals surface area contributed by atoms with Gasteiger partial charge in [0.25, 0.3) is 0 Å². The summed E-state index contributed by atoms with van der Waals surface area (Å²) in [5, 5.41) is 7.33. The average molecular weight is 356 g/mol. The molecule has 1 aliphatic rings. The van der Waals surface area contributed by atoms with E-state index in [4.69, 9.17) is 0 Å². The van der Waals surface area contributed by atoms with E-state index < -0.39 is 0 Å². The summed E-state index contributed by atoms with van der Waals surface area (Å²) >= 11 is 0. The van der Waals surface area contributed by atoms with Crippen molar-refractivity contribution in [1.29, 1.82) is 0 Å². The second-order valence-electron chi connectivity index (χ2n) is 7.00. The predicted molar refractivity (Wildman–Crippen MR) is 101 cm³/mol. The number of carbonyl (C=O) groups excluding carboxylic acids is 1. The van der Waals surface area contributed by atoms with Gasteiger partial charge < -0.3 is 10.2 Å². The highest BCUT2D eigenvalue weighted by Crippen LogP contribution is 2.21. The van der Waals surface area contributed by atoms with Crippen molar-refractivity contribution in [3.05, 3.63) is 36.0 Å². The standard InChI is InChI=1S/C19H28N6O/c1-15-5-10-25(23-15)11-7-19(26)24-8-3-4-16(6-9-24)12-17-13-22-18(20-2)14-21-17/h5,10,13-14,16H,3-4,6-9,11-12H2,1-2H3,(H,20,22). The van der Waals surface area contributed by atoms with Crippen molar-refractivity contribution >= 4 is 11.7 Å². The van der Waals surface area contributed by atoms with Gasteiger partial charge in [-0.1, -0.05) is 0 Å². The van der Waals surface area contributed by atoms with Crippen LogP contribution >= 0.6 is 0 Å². The summed E-state index contributed by atoms with van der Waals surface area (Å²) in [5.74, 6) is 1.59. The molecular weight excluding hydrogens is 328 g/mol. The second kappa shape index (κ2) is 8.78. The lowest BCUT2D eigenvalue weighted by molar-refractivity contribution is -0.131. The van der Waals surface area contributed by atoms with Gasteiger partial charge in [-0.2, -0.15) is 5.10 Å². The summed E-state index contributed by atoms with van der Waals surface area (Å²) in [6.45, 7) is 4.31. The Kier molecular flexibility index (Phi) is 6.20. The fourth-order valence-electron chi connectivity index (χ4n) is 3.46. The maximum absolute atomic E-state index is 12.5. The van der Waals surface area contributed by atoms with Gasteiger partial charge in [0.05, 0.1) is 23.8 Å². The van der Waals surface area contributed by atoms with E-state index in [1.54, 1.807) is 6.20 Å². The third kappa shape index (κ3) is 5.03. The van der Waals surface area contributed by atoms with Gasteiger partial charge in [0.2, 0.25) is 5.91 Å². The van der Waals surface area contributed by atoms with Crippen molar-refractivity contribution in [1.82, 2.24) is 24.6 Å². The highest BCUT2D eigenvalue weighted by atomic mass is 16.2. The first kappa shape index (κ1) is 18.4. The number of hydrogen-bond acceptors (Lipinski definition) is 5. The number of anilines is 1. The summed E-state index contributed by atoms with van der Waals surface area (Å²) in [4.78, 5) is 23.4. The zero-order valence-electron chi connectivity index (χ0n) is 15.7. The first-order valence-electron chi connectivity index (χ1n) is 9.40. The van der Waals surface area contributed by atoms with Gasteiger partial charge in [-0.3, -0.25) is 14.5 Å². The van der Waals surface area contributed by atoms with E-state index in [9.17, 15) is 4.79 Å². The van der Waals surface area contributed by atoms with Crippen molar-refractivity contribution in [2.24, 2.45) is 5.92 Å². The van der Waals surface area contributed by atoms with Crippen LogP contribution in [-0.2, 0) is 17.8 Å². The molecule has 0 spiro atoms. The molecule has 3 heterocycles. The van der Waals surface area contributed by atoms with Crippen molar-refractivity contribution in [3.8, 4) is 0 Å². The Hall–Kier alpha value is -2.44. The number of rotatable bonds is 6. The molecule has 1 amide bonds. The van der Waals surface area contributed by atoms with Crippen LogP contribution in [0.2, 0.25) is 0 Å². The van der Waals surface area contributed by atoms with Crippen molar-refractivity contribution in [2.75, 3.05) is 25.5 Å². The topological polar surface area (TPSA) is 75.9 Å². The van der Waals surface area contributed by atoms with Crippen LogP contribution in [0.1, 0.15) is 37.1 Å². The van der Waals surface area contributed by atoms with Crippen LogP contribution in [0.15, 0.2) is 24.7 Å². The average Bonchev–Trinajstić information content (AvgIpc) is 2.93. The van der Waals surface area contributed by atoms with Crippen LogP contribution < -0.4 is 5.32 Å². The first-order valence-corrected chi connectivity index (χ1v) is 9.40. The first-order chi connectivity index (χ1) is 12.6. The monoisotopic (exact) mass is 356 g/mol. The Labute approximate surface area is 154 Å². The van der Waals surface area contributed by atoms with Gasteiger partial charge in [-0.15, -0.1) is 0 Å². The van der Waals surface area contributed by atoms with Crippen LogP contribution in [0, 0.1) is 12.8 Å². The lowest BCUT2D eigenvalue weighted by Crippen LogP contribution is -2.32. The molecule has 0 saturated carbocycles. The number of likely N-dealkylation sites (tertiary alicyclic amines) is 1. The van der Waals surface area contributed by atoms with Crippen molar-refractivity contribution in [2.45, 2.75) is 45.6 Å². The third-order valence-electron chi connectivity index (χ3n) is 4.99. The summed E-state index contributed by atoms with van der Waals surface area (Å²) in [7, 11) is 1.84. The van der Waals surface area contributed by atoms with E-state index in [0.29, 0.717) is 18.9 Å². The molecule has 0 radical (unpaired) electrons. The highest BCUT2D eigenvalue weighted by Gasteiger charge is 2.21. The number of hydrogen-bond donors (Lipinski definition) is 1. The summed E-state index contributed by atoms with van der Waals surface area (Å²) in [5.41, 5.74) is 2.02. The predicted octanol–water partition coefficient (Wildman–Crippen LogP) is 2.28. The molecule has 0 bridgehead atoms. The van der Waals surface area contributed by atoms with E-state index in [0.717, 1.165) is 56.0 Å². The molecule has 1 aliphatic heterocycles. The lowest BCUT2D eigenvalue weighted by atomic mass is 9.95. The van der Waals surface area contributed by atoms with Gasteiger partial charge in [0, 0.05) is 39.3 Å². The maximum Gasteiger partial charge on any atom is 0.224 e. The molecular formula is C19H28N6O. The minimum absolute atomic E-state index is 0.233. The smallest absolute Gasteiger partial charge is 0.224 e. The van der Waals surface area contributed by atoms with Crippen LogP contribution in [0.25, 0.3) is 0 Å². The largest absolute Gasteiger partial charge is 0.372 e. The number of nitrogens with one attached hydrogen (secondary N) is 1. The molecule has 1 unspecified atom stereocenters. The molecule has 26 heavy (non-hydrogen) atoms. The van der Waals surface area contributed by atoms with Gasteiger partial charge >= 0.3 is 0 Å². The third-order valence-corrected chi connectivity index (χ3v) is 4.99. The summed E-state index contributed by atoms with van der Waals surface area (Å²) in [6.07, 6.45) is 10.2. The number of amides is 1. The molecule has 7 nitrogen and oxygen atoms in total. The number of aryl methyl sites for hydroxylation is 2. The lowest BCUT2D eigenvalue weighted by Gasteiger charge is -2.20.